The Bertz CT molecular complexity index is 1210. The van der Waals surface area contributed by atoms with E-state index in [1.165, 1.54) is 18.2 Å². The maximum absolute atomic E-state index is 13.5. The van der Waals surface area contributed by atoms with E-state index in [0.29, 0.717) is 0 Å². The van der Waals surface area contributed by atoms with Crippen molar-refractivity contribution >= 4 is 11.4 Å². The largest absolute Gasteiger partial charge is 0.494 e. The number of benzene rings is 3. The van der Waals surface area contributed by atoms with Crippen LogP contribution in [0.15, 0.2) is 65.7 Å². The standard InChI is InChI=1S/C24H13F12NO/c1-38-19-5-3-2-4-18(19)37-20(12-6-14(21(25,26)27)10-15(7-12)22(28,29)30)13-8-16(23(31,32)33)11-17(9-13)24(34,35)36/h2-11H,1H3. The minimum Gasteiger partial charge on any atom is -0.494 e. The van der Waals surface area contributed by atoms with Crippen molar-refractivity contribution < 1.29 is 57.4 Å². The van der Waals surface area contributed by atoms with E-state index in [1.54, 1.807) is 0 Å². The normalized spacial score (nSPS) is 12.9. The molecule has 0 aliphatic carbocycles. The Morgan fingerprint density at radius 1 is 0.553 bits per heavy atom. The fourth-order valence-corrected chi connectivity index (χ4v) is 3.32. The van der Waals surface area contributed by atoms with Crippen molar-refractivity contribution in [3.8, 4) is 5.75 Å². The molecular formula is C24H13F12NO. The Labute approximate surface area is 206 Å². The molecule has 3 aromatic carbocycles. The molecule has 0 fully saturated rings. The zero-order valence-electron chi connectivity index (χ0n) is 18.7. The van der Waals surface area contributed by atoms with Gasteiger partial charge < -0.3 is 4.74 Å². The molecule has 0 aromatic heterocycles. The van der Waals surface area contributed by atoms with Gasteiger partial charge in [-0.25, -0.2) is 4.99 Å². The maximum atomic E-state index is 13.5. The lowest BCUT2D eigenvalue weighted by atomic mass is 9.94. The van der Waals surface area contributed by atoms with Gasteiger partial charge in [-0.1, -0.05) is 12.1 Å². The first-order chi connectivity index (χ1) is 17.3. The second-order valence-corrected chi connectivity index (χ2v) is 7.72. The summed E-state index contributed by atoms with van der Waals surface area (Å²) in [7, 11) is 1.12. The van der Waals surface area contributed by atoms with Gasteiger partial charge in [-0.3, -0.25) is 0 Å². The molecule has 0 saturated heterocycles. The first kappa shape index (κ1) is 28.9. The minimum absolute atomic E-state index is 0.115. The Morgan fingerprint density at radius 3 is 1.21 bits per heavy atom. The van der Waals surface area contributed by atoms with Crippen LogP contribution < -0.4 is 4.74 Å². The third kappa shape index (κ3) is 6.58. The van der Waals surface area contributed by atoms with Crippen LogP contribution in [0, 0.1) is 0 Å². The van der Waals surface area contributed by atoms with Gasteiger partial charge in [0.05, 0.1) is 35.1 Å². The molecule has 0 bridgehead atoms. The van der Waals surface area contributed by atoms with Crippen molar-refractivity contribution in [2.45, 2.75) is 24.7 Å². The molecule has 0 N–H and O–H groups in total. The van der Waals surface area contributed by atoms with E-state index in [2.05, 4.69) is 4.99 Å². The summed E-state index contributed by atoms with van der Waals surface area (Å²) in [6, 6.07) is 5.23. The number of aliphatic imine (C=N–C) groups is 1. The molecule has 0 unspecified atom stereocenters. The molecular weight excluding hydrogens is 546 g/mol. The molecule has 0 aliphatic rings. The zero-order valence-corrected chi connectivity index (χ0v) is 18.7. The summed E-state index contributed by atoms with van der Waals surface area (Å²) >= 11 is 0. The summed E-state index contributed by atoms with van der Waals surface area (Å²) in [4.78, 5) is 3.88. The van der Waals surface area contributed by atoms with Crippen LogP contribution in [0.5, 0.6) is 5.75 Å². The van der Waals surface area contributed by atoms with Crippen molar-refractivity contribution in [1.82, 2.24) is 0 Å². The lowest BCUT2D eigenvalue weighted by molar-refractivity contribution is -0.144. The smallest absolute Gasteiger partial charge is 0.416 e. The summed E-state index contributed by atoms with van der Waals surface area (Å²) in [6.45, 7) is 0. The van der Waals surface area contributed by atoms with Gasteiger partial charge >= 0.3 is 24.7 Å². The highest BCUT2D eigenvalue weighted by atomic mass is 19.4. The van der Waals surface area contributed by atoms with Crippen LogP contribution in [-0.4, -0.2) is 12.8 Å². The number of nitrogens with zero attached hydrogens (tertiary/aromatic N) is 1. The van der Waals surface area contributed by atoms with Crippen LogP contribution in [0.1, 0.15) is 33.4 Å². The number of ether oxygens (including phenoxy) is 1. The highest BCUT2D eigenvalue weighted by Gasteiger charge is 2.39. The van der Waals surface area contributed by atoms with Crippen LogP contribution in [0.3, 0.4) is 0 Å². The molecule has 0 radical (unpaired) electrons. The number of hydrogen-bond acceptors (Lipinski definition) is 2. The van der Waals surface area contributed by atoms with Gasteiger partial charge in [0.15, 0.2) is 0 Å². The second kappa shape index (κ2) is 9.87. The molecule has 0 amide bonds. The number of methoxy groups -OCH3 is 1. The van der Waals surface area contributed by atoms with E-state index < -0.39 is 63.8 Å². The first-order valence-electron chi connectivity index (χ1n) is 10.1. The lowest BCUT2D eigenvalue weighted by Gasteiger charge is -2.18. The van der Waals surface area contributed by atoms with Crippen molar-refractivity contribution in [3.63, 3.8) is 0 Å². The van der Waals surface area contributed by atoms with Gasteiger partial charge in [-0.15, -0.1) is 0 Å². The van der Waals surface area contributed by atoms with Gasteiger partial charge in [0.1, 0.15) is 11.4 Å². The quantitative estimate of drug-likeness (QED) is 0.231. The Morgan fingerprint density at radius 2 is 0.895 bits per heavy atom. The van der Waals surface area contributed by atoms with Crippen LogP contribution >= 0.6 is 0 Å². The molecule has 0 saturated carbocycles. The molecule has 0 spiro atoms. The van der Waals surface area contributed by atoms with Crippen LogP contribution in [0.2, 0.25) is 0 Å². The summed E-state index contributed by atoms with van der Waals surface area (Å²) in [5.74, 6) is -0.115. The Kier molecular flexibility index (Phi) is 7.50. The molecule has 3 rings (SSSR count). The van der Waals surface area contributed by atoms with Crippen molar-refractivity contribution in [1.29, 1.82) is 0 Å². The third-order valence-corrected chi connectivity index (χ3v) is 5.04. The maximum Gasteiger partial charge on any atom is 0.416 e. The third-order valence-electron chi connectivity index (χ3n) is 5.04. The van der Waals surface area contributed by atoms with Crippen molar-refractivity contribution in [3.05, 3.63) is 94.0 Å². The molecule has 38 heavy (non-hydrogen) atoms. The van der Waals surface area contributed by atoms with E-state index in [1.807, 2.05) is 0 Å². The monoisotopic (exact) mass is 559 g/mol. The second-order valence-electron chi connectivity index (χ2n) is 7.72. The van der Waals surface area contributed by atoms with Crippen LogP contribution in [-0.2, 0) is 24.7 Å². The summed E-state index contributed by atoms with van der Waals surface area (Å²) in [5.41, 5.74) is -10.8. The van der Waals surface area contributed by atoms with Gasteiger partial charge in [-0.05, 0) is 48.5 Å². The van der Waals surface area contributed by atoms with E-state index in [9.17, 15) is 52.7 Å². The van der Waals surface area contributed by atoms with Gasteiger partial charge in [0, 0.05) is 11.1 Å². The average Bonchev–Trinajstić information content (AvgIpc) is 2.80. The predicted octanol–water partition coefficient (Wildman–Crippen LogP) is 8.94. The number of rotatable bonds is 4. The SMILES string of the molecule is COc1ccccc1N=C(c1cc(C(F)(F)F)cc(C(F)(F)F)c1)c1cc(C(F)(F)F)cc(C(F)(F)F)c1. The fourth-order valence-electron chi connectivity index (χ4n) is 3.32. The summed E-state index contributed by atoms with van der Waals surface area (Å²) in [6.07, 6.45) is -21.4. The van der Waals surface area contributed by atoms with Gasteiger partial charge in [0.2, 0.25) is 0 Å². The number of halogens is 12. The summed E-state index contributed by atoms with van der Waals surface area (Å²) < 4.78 is 167. The Hall–Kier alpha value is -3.71. The zero-order chi connectivity index (χ0) is 28.7. The fraction of sp³-hybridized carbons (Fsp3) is 0.208. The topological polar surface area (TPSA) is 21.6 Å². The van der Waals surface area contributed by atoms with E-state index in [4.69, 9.17) is 4.74 Å². The minimum atomic E-state index is -5.35. The van der Waals surface area contributed by atoms with Crippen molar-refractivity contribution in [2.24, 2.45) is 4.99 Å². The molecule has 3 aromatic rings. The molecule has 14 heteroatoms. The number of alkyl halides is 12. The molecule has 0 aliphatic heterocycles. The molecule has 0 atom stereocenters. The van der Waals surface area contributed by atoms with Crippen molar-refractivity contribution in [2.75, 3.05) is 7.11 Å². The summed E-state index contributed by atoms with van der Waals surface area (Å²) in [5, 5.41) is 0. The van der Waals surface area contributed by atoms with E-state index in [-0.39, 0.29) is 47.8 Å². The highest BCUT2D eigenvalue weighted by Crippen LogP contribution is 2.40. The van der Waals surface area contributed by atoms with E-state index in [0.717, 1.165) is 13.2 Å². The van der Waals surface area contributed by atoms with Crippen LogP contribution in [0.4, 0.5) is 58.4 Å². The molecule has 204 valence electrons. The Balaban J connectivity index is 2.48. The number of para-hydroxylation sites is 2. The first-order valence-corrected chi connectivity index (χ1v) is 10.1. The predicted molar refractivity (Wildman–Crippen MR) is 111 cm³/mol. The lowest BCUT2D eigenvalue weighted by Crippen LogP contribution is -2.16. The average molecular weight is 559 g/mol. The molecule has 0 heterocycles. The highest BCUT2D eigenvalue weighted by molar-refractivity contribution is 6.14. The van der Waals surface area contributed by atoms with Crippen LogP contribution in [0.25, 0.3) is 0 Å². The van der Waals surface area contributed by atoms with E-state index >= 15 is 0 Å². The van der Waals surface area contributed by atoms with Gasteiger partial charge in [-0.2, -0.15) is 52.7 Å². The number of hydrogen-bond donors (Lipinski definition) is 0. The van der Waals surface area contributed by atoms with Gasteiger partial charge in [0.25, 0.3) is 0 Å². The molecule has 2 nitrogen and oxygen atoms in total.